The van der Waals surface area contributed by atoms with Crippen molar-refractivity contribution in [2.45, 2.75) is 0 Å². The van der Waals surface area contributed by atoms with Crippen LogP contribution in [-0.4, -0.2) is 69.2 Å². The molecule has 0 aromatic carbocycles. The van der Waals surface area contributed by atoms with Crippen LogP contribution in [0.2, 0.25) is 0 Å². The molecule has 0 heterocycles. The first-order valence-electron chi connectivity index (χ1n) is 0. The first kappa shape index (κ1) is 29.1. The Morgan fingerprint density at radius 1 is 1.25 bits per heavy atom. The molecule has 15 valence electrons. The van der Waals surface area contributed by atoms with Gasteiger partial charge in [-0.25, -0.2) is 0 Å². The Kier molecular flexibility index (Phi) is 124. The van der Waals surface area contributed by atoms with Gasteiger partial charge in [0.15, 0.2) is 0 Å². The fourth-order valence-corrected chi connectivity index (χ4v) is 0. The van der Waals surface area contributed by atoms with Crippen molar-refractivity contribution < 1.29 is 27.4 Å². The van der Waals surface area contributed by atoms with Gasteiger partial charge < -0.3 is 5.71 Å². The van der Waals surface area contributed by atoms with Gasteiger partial charge in [-0.05, 0) is 0 Å². The molecule has 4 heteroatoms. The van der Waals surface area contributed by atoms with E-state index in [0.717, 1.165) is 0 Å². The Bertz CT molecular complexity index is 16.0. The van der Waals surface area contributed by atoms with Crippen LogP contribution in [0.1, 0.15) is 5.71 Å². The Morgan fingerprint density at radius 3 is 1.25 bits per heavy atom. The molecule has 0 saturated heterocycles. The van der Waals surface area contributed by atoms with Gasteiger partial charge in [0.05, 0.1) is 0 Å². The van der Waals surface area contributed by atoms with Gasteiger partial charge in [0.25, 0.3) is 0 Å². The van der Waals surface area contributed by atoms with Crippen molar-refractivity contribution in [1.82, 2.24) is 0 Å². The molecule has 0 aromatic rings. The van der Waals surface area contributed by atoms with Crippen molar-refractivity contribution >= 4 is 69.2 Å². The normalized spacial score (nSPS) is 0. The monoisotopic (exact) mass is 127 g/mol. The van der Waals surface area contributed by atoms with E-state index in [1.807, 2.05) is 0 Å². The molecule has 0 saturated carbocycles. The molecule has 0 spiro atoms. The van der Waals surface area contributed by atoms with E-state index in [0.29, 0.717) is 0 Å². The van der Waals surface area contributed by atoms with Crippen molar-refractivity contribution in [3.8, 4) is 0 Å². The largest absolute Gasteiger partial charge is 2.00 e. The zero-order chi connectivity index (χ0) is 0. The molecule has 0 aliphatic heterocycles. The molecule has 0 N–H and O–H groups in total. The van der Waals surface area contributed by atoms with E-state index >= 15 is 0 Å². The third-order valence-corrected chi connectivity index (χ3v) is 0. The van der Waals surface area contributed by atoms with Gasteiger partial charge in [0.1, 0.15) is 0 Å². The zero-order valence-corrected chi connectivity index (χ0v) is 7.68. The molecule has 0 fully saturated rings. The summed E-state index contributed by atoms with van der Waals surface area (Å²) in [6.45, 7) is 0. The molecule has 0 atom stereocenters. The van der Waals surface area contributed by atoms with Gasteiger partial charge >= 0.3 is 60.8 Å². The average molecular weight is 127 g/mol. The first-order valence-corrected chi connectivity index (χ1v) is 0. The van der Waals surface area contributed by atoms with Crippen molar-refractivity contribution in [2.24, 2.45) is 0 Å². The van der Waals surface area contributed by atoms with Gasteiger partial charge in [0, 0.05) is 30.1 Å². The van der Waals surface area contributed by atoms with E-state index < -0.39 is 0 Å². The second-order valence-electron chi connectivity index (χ2n) is 0. The van der Waals surface area contributed by atoms with Crippen LogP contribution in [0.4, 0.5) is 0 Å². The van der Waals surface area contributed by atoms with Gasteiger partial charge in [-0.15, -0.1) is 0 Å². The fraction of sp³-hybridized carbons (Fsp3) is 0. The second-order valence-corrected chi connectivity index (χ2v) is 0. The fourth-order valence-electron chi connectivity index (χ4n) is 0. The molecule has 4 heavy (non-hydrogen) atoms. The molecule has 0 aliphatic carbocycles. The van der Waals surface area contributed by atoms with Crippen LogP contribution in [0.15, 0.2) is 0 Å². The maximum Gasteiger partial charge on any atom is 2.00 e. The van der Waals surface area contributed by atoms with Crippen molar-refractivity contribution in [3.63, 3.8) is 0 Å². The smallest absolute Gasteiger partial charge is 1.00 e. The first-order chi connectivity index (χ1) is 0. The topological polar surface area (TPSA) is 0 Å². The molecule has 0 aromatic heterocycles. The van der Waals surface area contributed by atoms with Gasteiger partial charge in [-0.1, -0.05) is 0 Å². The van der Waals surface area contributed by atoms with E-state index in [2.05, 4.69) is 0 Å². The number of rotatable bonds is 0. The summed E-state index contributed by atoms with van der Waals surface area (Å²) < 4.78 is 0. The van der Waals surface area contributed by atoms with Crippen LogP contribution in [0.5, 0.6) is 0 Å². The van der Waals surface area contributed by atoms with Gasteiger partial charge in [0.2, 0.25) is 0 Å². The SMILES string of the molecule is [B].[Ca+2].[H-].[H-].[H-].[H-].[Mg+2].[Ti]. The molecule has 0 nitrogen and oxygen atoms in total. The van der Waals surface area contributed by atoms with E-state index in [1.54, 1.807) is 0 Å². The minimum Gasteiger partial charge on any atom is -1.00 e. The molecule has 0 unspecified atom stereocenters. The number of hydrogen-bond donors (Lipinski definition) is 0. The summed E-state index contributed by atoms with van der Waals surface area (Å²) in [5, 5.41) is 0. The van der Waals surface area contributed by atoms with Crippen LogP contribution in [-0.2, 0) is 21.7 Å². The van der Waals surface area contributed by atoms with E-state index in [9.17, 15) is 0 Å². The quantitative estimate of drug-likeness (QED) is 0.378. The summed E-state index contributed by atoms with van der Waals surface area (Å²) >= 11 is 0. The Morgan fingerprint density at radius 2 is 1.25 bits per heavy atom. The summed E-state index contributed by atoms with van der Waals surface area (Å²) in [6.07, 6.45) is 0. The standard InChI is InChI=1S/B.Ca.Mg.Ti.4H/q;2*+2;;4*-1. The molecule has 0 aliphatic rings. The van der Waals surface area contributed by atoms with Gasteiger partial charge in [-0.2, -0.15) is 0 Å². The van der Waals surface area contributed by atoms with Crippen molar-refractivity contribution in [2.75, 3.05) is 0 Å². The molecule has 3 radical (unpaired) electrons. The molecule has 0 bridgehead atoms. The second kappa shape index (κ2) is 17.0. The average Bonchev–Trinajstić information content (AvgIpc) is 0. The zero-order valence-electron chi connectivity index (χ0n) is 6.49. The predicted molar refractivity (Wildman–Crippen MR) is 21.7 cm³/mol. The third-order valence-electron chi connectivity index (χ3n) is 0. The Hall–Kier alpha value is 2.81. The molecule has 0 amide bonds. The summed E-state index contributed by atoms with van der Waals surface area (Å²) in [6, 6.07) is 0. The van der Waals surface area contributed by atoms with E-state index in [4.69, 9.17) is 0 Å². The van der Waals surface area contributed by atoms with Crippen LogP contribution >= 0.6 is 0 Å². The summed E-state index contributed by atoms with van der Waals surface area (Å²) in [7, 11) is 0. The summed E-state index contributed by atoms with van der Waals surface area (Å²) in [5.41, 5.74) is 0. The minimum atomic E-state index is 0. The van der Waals surface area contributed by atoms with E-state index in [-0.39, 0.29) is 96.6 Å². The van der Waals surface area contributed by atoms with Gasteiger partial charge in [-0.3, -0.25) is 0 Å². The summed E-state index contributed by atoms with van der Waals surface area (Å²) in [4.78, 5) is 0. The van der Waals surface area contributed by atoms with Crippen LogP contribution in [0.3, 0.4) is 0 Å². The molecular formula is H4BCaMgTi. The van der Waals surface area contributed by atoms with Crippen molar-refractivity contribution in [1.29, 1.82) is 0 Å². The maximum atomic E-state index is 0. The Balaban J connectivity index is 0. The third kappa shape index (κ3) is 8.84. The predicted octanol–water partition coefficient (Wildman–Crippen LogP) is -0.695. The maximum absolute atomic E-state index is 0. The molecular weight excluding hydrogens is 123 g/mol. The van der Waals surface area contributed by atoms with Crippen molar-refractivity contribution in [3.05, 3.63) is 0 Å². The molecule has 0 rings (SSSR count). The van der Waals surface area contributed by atoms with E-state index in [1.165, 1.54) is 0 Å². The summed E-state index contributed by atoms with van der Waals surface area (Å²) in [5.74, 6) is 0. The minimum absolute atomic E-state index is 0. The van der Waals surface area contributed by atoms with Crippen LogP contribution < -0.4 is 0 Å². The Labute approximate surface area is 95.0 Å². The van der Waals surface area contributed by atoms with Crippen LogP contribution in [0, 0.1) is 0 Å². The van der Waals surface area contributed by atoms with Crippen LogP contribution in [0.25, 0.3) is 0 Å². The number of hydrogen-bond acceptors (Lipinski definition) is 0.